The molecule has 0 atom stereocenters. The van der Waals surface area contributed by atoms with Crippen molar-refractivity contribution in [1.82, 2.24) is 15.0 Å². The average molecular weight is 377 g/mol. The SMILES string of the molecule is CC(C)n1cc(CCCCCCCCC(=O)I)nn1. The van der Waals surface area contributed by atoms with Gasteiger partial charge in [-0.2, -0.15) is 0 Å². The zero-order valence-electron chi connectivity index (χ0n) is 11.9. The summed E-state index contributed by atoms with van der Waals surface area (Å²) in [5.74, 6) is 0. The van der Waals surface area contributed by atoms with Gasteiger partial charge in [0.2, 0.25) is 0 Å². The molecule has 0 N–H and O–H groups in total. The Morgan fingerprint density at radius 3 is 2.42 bits per heavy atom. The second-order valence-corrected chi connectivity index (χ2v) is 6.46. The maximum absolute atomic E-state index is 10.8. The lowest BCUT2D eigenvalue weighted by molar-refractivity contribution is -0.109. The van der Waals surface area contributed by atoms with Crippen LogP contribution >= 0.6 is 22.6 Å². The Morgan fingerprint density at radius 2 is 1.84 bits per heavy atom. The first-order chi connectivity index (χ1) is 9.09. The summed E-state index contributed by atoms with van der Waals surface area (Å²) >= 11 is 1.88. The summed E-state index contributed by atoms with van der Waals surface area (Å²) in [6.07, 6.45) is 11.0. The van der Waals surface area contributed by atoms with Gasteiger partial charge in [-0.3, -0.25) is 4.79 Å². The molecule has 0 spiro atoms. The van der Waals surface area contributed by atoms with Gasteiger partial charge < -0.3 is 0 Å². The molecule has 1 aromatic heterocycles. The lowest BCUT2D eigenvalue weighted by Gasteiger charge is -2.01. The van der Waals surface area contributed by atoms with E-state index in [1.54, 1.807) is 0 Å². The molecule has 0 fully saturated rings. The number of halogens is 1. The highest BCUT2D eigenvalue weighted by Gasteiger charge is 2.03. The van der Waals surface area contributed by atoms with Crippen LogP contribution in [0.3, 0.4) is 0 Å². The van der Waals surface area contributed by atoms with Gasteiger partial charge in [0, 0.05) is 18.7 Å². The second-order valence-electron chi connectivity index (χ2n) is 5.26. The molecule has 0 aliphatic heterocycles. The molecule has 1 rings (SSSR count). The van der Waals surface area contributed by atoms with Gasteiger partial charge in [-0.05, 0) is 55.7 Å². The Kier molecular flexibility index (Phi) is 8.25. The fourth-order valence-electron chi connectivity index (χ4n) is 1.96. The molecule has 19 heavy (non-hydrogen) atoms. The molecule has 0 saturated heterocycles. The summed E-state index contributed by atoms with van der Waals surface area (Å²) in [6.45, 7) is 4.22. The predicted molar refractivity (Wildman–Crippen MR) is 85.5 cm³/mol. The van der Waals surface area contributed by atoms with Crippen molar-refractivity contribution in [2.75, 3.05) is 0 Å². The lowest BCUT2D eigenvalue weighted by Crippen LogP contribution is -2.00. The normalized spacial score (nSPS) is 11.2. The van der Waals surface area contributed by atoms with Gasteiger partial charge in [-0.1, -0.05) is 30.9 Å². The maximum Gasteiger partial charge on any atom is 0.192 e. The van der Waals surface area contributed by atoms with Crippen molar-refractivity contribution in [2.24, 2.45) is 0 Å². The van der Waals surface area contributed by atoms with Gasteiger partial charge in [0.05, 0.1) is 5.69 Å². The Hall–Kier alpha value is -0.460. The standard InChI is InChI=1S/C14H24IN3O/c1-12(2)18-11-13(16-17-18)9-7-5-3-4-6-8-10-14(15)19/h11-12H,3-10H2,1-2H3. The van der Waals surface area contributed by atoms with Crippen LogP contribution in [-0.4, -0.2) is 18.8 Å². The van der Waals surface area contributed by atoms with E-state index >= 15 is 0 Å². The summed E-state index contributed by atoms with van der Waals surface area (Å²) in [4.78, 5) is 10.8. The third kappa shape index (κ3) is 7.64. The third-order valence-corrected chi connectivity index (χ3v) is 3.68. The minimum atomic E-state index is 0.283. The summed E-state index contributed by atoms with van der Waals surface area (Å²) in [7, 11) is 0. The number of hydrogen-bond acceptors (Lipinski definition) is 3. The first-order valence-electron chi connectivity index (χ1n) is 7.18. The fraction of sp³-hybridized carbons (Fsp3) is 0.786. The van der Waals surface area contributed by atoms with E-state index in [0.717, 1.165) is 25.0 Å². The van der Waals surface area contributed by atoms with Crippen molar-refractivity contribution in [3.05, 3.63) is 11.9 Å². The van der Waals surface area contributed by atoms with Crippen LogP contribution in [0.4, 0.5) is 0 Å². The minimum absolute atomic E-state index is 0.283. The quantitative estimate of drug-likeness (QED) is 0.351. The fourth-order valence-corrected chi connectivity index (χ4v) is 2.34. The van der Waals surface area contributed by atoms with Crippen molar-refractivity contribution < 1.29 is 4.79 Å². The van der Waals surface area contributed by atoms with E-state index < -0.39 is 0 Å². The van der Waals surface area contributed by atoms with Gasteiger partial charge in [0.1, 0.15) is 0 Å². The number of unbranched alkanes of at least 4 members (excludes halogenated alkanes) is 5. The van der Waals surface area contributed by atoms with Gasteiger partial charge in [0.25, 0.3) is 0 Å². The molecule has 1 heterocycles. The van der Waals surface area contributed by atoms with Crippen molar-refractivity contribution >= 4 is 26.4 Å². The largest absolute Gasteiger partial charge is 0.288 e. The molecule has 0 radical (unpaired) electrons. The number of carbonyl (C=O) groups excluding carboxylic acids is 1. The monoisotopic (exact) mass is 377 g/mol. The number of hydrogen-bond donors (Lipinski definition) is 0. The first-order valence-corrected chi connectivity index (χ1v) is 8.26. The molecule has 0 bridgehead atoms. The zero-order chi connectivity index (χ0) is 14.1. The number of rotatable bonds is 10. The summed E-state index contributed by atoms with van der Waals surface area (Å²) in [5.41, 5.74) is 1.10. The molecular weight excluding hydrogens is 353 g/mol. The van der Waals surface area contributed by atoms with Crippen LogP contribution in [0.2, 0.25) is 0 Å². The van der Waals surface area contributed by atoms with Crippen LogP contribution in [0, 0.1) is 0 Å². The molecule has 0 amide bonds. The number of aromatic nitrogens is 3. The van der Waals surface area contributed by atoms with Crippen LogP contribution in [0.5, 0.6) is 0 Å². The van der Waals surface area contributed by atoms with E-state index in [1.165, 1.54) is 32.1 Å². The van der Waals surface area contributed by atoms with E-state index in [1.807, 2.05) is 27.3 Å². The highest BCUT2D eigenvalue weighted by Crippen LogP contribution is 2.11. The van der Waals surface area contributed by atoms with Crippen LogP contribution < -0.4 is 0 Å². The molecule has 4 nitrogen and oxygen atoms in total. The highest BCUT2D eigenvalue weighted by atomic mass is 127. The smallest absolute Gasteiger partial charge is 0.192 e. The molecule has 108 valence electrons. The van der Waals surface area contributed by atoms with E-state index in [4.69, 9.17) is 0 Å². The summed E-state index contributed by atoms with van der Waals surface area (Å²) in [5, 5.41) is 8.28. The first kappa shape index (κ1) is 16.6. The van der Waals surface area contributed by atoms with Crippen molar-refractivity contribution in [2.45, 2.75) is 71.3 Å². The van der Waals surface area contributed by atoms with Crippen molar-refractivity contribution in [1.29, 1.82) is 0 Å². The van der Waals surface area contributed by atoms with Gasteiger partial charge in [-0.25, -0.2) is 4.68 Å². The van der Waals surface area contributed by atoms with Crippen molar-refractivity contribution in [3.8, 4) is 0 Å². The Labute approximate surface area is 129 Å². The number of nitrogens with zero attached hydrogens (tertiary/aromatic N) is 3. The van der Waals surface area contributed by atoms with Crippen LogP contribution in [0.25, 0.3) is 0 Å². The molecule has 0 aliphatic carbocycles. The zero-order valence-corrected chi connectivity index (χ0v) is 14.1. The van der Waals surface area contributed by atoms with Crippen LogP contribution in [0.15, 0.2) is 6.20 Å². The molecule has 0 aliphatic rings. The van der Waals surface area contributed by atoms with Crippen LogP contribution in [-0.2, 0) is 11.2 Å². The molecule has 1 aromatic rings. The molecule has 5 heteroatoms. The molecule has 0 aromatic carbocycles. The van der Waals surface area contributed by atoms with Gasteiger partial charge in [-0.15, -0.1) is 5.10 Å². The van der Waals surface area contributed by atoms with E-state index in [2.05, 4.69) is 30.4 Å². The topological polar surface area (TPSA) is 47.8 Å². The molecular formula is C14H24IN3O. The van der Waals surface area contributed by atoms with E-state index in [0.29, 0.717) is 6.04 Å². The van der Waals surface area contributed by atoms with E-state index in [-0.39, 0.29) is 3.79 Å². The van der Waals surface area contributed by atoms with Crippen molar-refractivity contribution in [3.63, 3.8) is 0 Å². The van der Waals surface area contributed by atoms with Crippen LogP contribution in [0.1, 0.15) is 70.5 Å². The number of carbonyl (C=O) groups is 1. The van der Waals surface area contributed by atoms with Gasteiger partial charge in [0.15, 0.2) is 3.79 Å². The highest BCUT2D eigenvalue weighted by molar-refractivity contribution is 14.1. The molecule has 0 saturated carbocycles. The summed E-state index contributed by atoms with van der Waals surface area (Å²) in [6, 6.07) is 0.391. The Morgan fingerprint density at radius 1 is 1.21 bits per heavy atom. The van der Waals surface area contributed by atoms with Gasteiger partial charge >= 0.3 is 0 Å². The van der Waals surface area contributed by atoms with E-state index in [9.17, 15) is 4.79 Å². The Balaban J connectivity index is 1.99. The Bertz CT molecular complexity index is 377. The maximum atomic E-state index is 10.8. The average Bonchev–Trinajstić information content (AvgIpc) is 2.81. The lowest BCUT2D eigenvalue weighted by atomic mass is 10.1. The molecule has 0 unspecified atom stereocenters. The predicted octanol–water partition coefficient (Wildman–Crippen LogP) is 4.09. The third-order valence-electron chi connectivity index (χ3n) is 3.14. The minimum Gasteiger partial charge on any atom is -0.288 e. The second kappa shape index (κ2) is 9.44. The number of aryl methyl sites for hydroxylation is 1. The summed E-state index contributed by atoms with van der Waals surface area (Å²) < 4.78 is 2.20.